The maximum atomic E-state index is 5.62. The average Bonchev–Trinajstić information content (AvgIpc) is 2.66. The van der Waals surface area contributed by atoms with E-state index in [1.807, 2.05) is 0 Å². The summed E-state index contributed by atoms with van der Waals surface area (Å²) in [5, 5.41) is 0. The lowest BCUT2D eigenvalue weighted by Crippen LogP contribution is -2.46. The summed E-state index contributed by atoms with van der Waals surface area (Å²) in [6, 6.07) is 7.68. The Balaban J connectivity index is 1.63. The Morgan fingerprint density at radius 1 is 1.32 bits per heavy atom. The fraction of sp³-hybridized carbons (Fsp3) is 0.600. The molecular weight excluding hydrogens is 306 g/mol. The van der Waals surface area contributed by atoms with Gasteiger partial charge in [0.1, 0.15) is 5.75 Å². The van der Waals surface area contributed by atoms with Crippen molar-refractivity contribution in [2.75, 3.05) is 26.9 Å². The van der Waals surface area contributed by atoms with E-state index in [0.717, 1.165) is 36.4 Å². The van der Waals surface area contributed by atoms with E-state index in [0.29, 0.717) is 12.1 Å². The van der Waals surface area contributed by atoms with Crippen molar-refractivity contribution in [1.82, 2.24) is 4.90 Å². The highest BCUT2D eigenvalue weighted by Gasteiger charge is 2.36. The van der Waals surface area contributed by atoms with Crippen LogP contribution in [0.1, 0.15) is 18.4 Å². The summed E-state index contributed by atoms with van der Waals surface area (Å²) in [7, 11) is 1.71. The average molecular weight is 326 g/mol. The van der Waals surface area contributed by atoms with Gasteiger partial charge in [0, 0.05) is 18.6 Å². The van der Waals surface area contributed by atoms with Crippen molar-refractivity contribution in [3.8, 4) is 5.75 Å². The highest BCUT2D eigenvalue weighted by atomic mass is 79.9. The fourth-order valence-electron chi connectivity index (χ4n) is 3.20. The van der Waals surface area contributed by atoms with Gasteiger partial charge in [0.2, 0.25) is 0 Å². The van der Waals surface area contributed by atoms with Crippen molar-refractivity contribution in [2.24, 2.45) is 0 Å². The number of morpholine rings is 1. The second-order valence-corrected chi connectivity index (χ2v) is 6.23. The molecule has 3 nitrogen and oxygen atoms in total. The van der Waals surface area contributed by atoms with Gasteiger partial charge in [-0.3, -0.25) is 4.90 Å². The van der Waals surface area contributed by atoms with Crippen LogP contribution in [0.4, 0.5) is 0 Å². The zero-order chi connectivity index (χ0) is 13.2. The maximum Gasteiger partial charge on any atom is 0.133 e. The maximum absolute atomic E-state index is 5.62. The molecule has 104 valence electrons. The van der Waals surface area contributed by atoms with Crippen LogP contribution in [-0.4, -0.2) is 43.9 Å². The molecule has 0 radical (unpaired) electrons. The molecule has 2 atom stereocenters. The molecule has 19 heavy (non-hydrogen) atoms. The van der Waals surface area contributed by atoms with E-state index < -0.39 is 0 Å². The van der Waals surface area contributed by atoms with Gasteiger partial charge in [-0.25, -0.2) is 0 Å². The molecule has 2 aliphatic rings. The van der Waals surface area contributed by atoms with E-state index in [1.54, 1.807) is 7.11 Å². The molecule has 2 heterocycles. The Kier molecular flexibility index (Phi) is 4.10. The summed E-state index contributed by atoms with van der Waals surface area (Å²) in [5.74, 6) is 0.919. The molecule has 2 unspecified atom stereocenters. The lowest BCUT2D eigenvalue weighted by atomic mass is 10.1. The standard InChI is InChI=1S/C15H20BrNO2/c1-18-15-8-11(2-5-14(15)16)6-7-17-12-3-4-13(17)10-19-9-12/h2,5,8,12-13H,3-4,6-7,9-10H2,1H3. The van der Waals surface area contributed by atoms with Gasteiger partial charge in [-0.15, -0.1) is 0 Å². The first-order valence-electron chi connectivity index (χ1n) is 6.94. The number of nitrogens with zero attached hydrogens (tertiary/aromatic N) is 1. The Morgan fingerprint density at radius 3 is 2.74 bits per heavy atom. The lowest BCUT2D eigenvalue weighted by molar-refractivity contribution is -0.0137. The van der Waals surface area contributed by atoms with Crippen molar-refractivity contribution < 1.29 is 9.47 Å². The second-order valence-electron chi connectivity index (χ2n) is 5.38. The van der Waals surface area contributed by atoms with Gasteiger partial charge < -0.3 is 9.47 Å². The molecule has 4 heteroatoms. The number of benzene rings is 1. The van der Waals surface area contributed by atoms with E-state index >= 15 is 0 Å². The molecule has 0 N–H and O–H groups in total. The summed E-state index contributed by atoms with van der Waals surface area (Å²) in [6.45, 7) is 2.96. The Bertz CT molecular complexity index is 436. The van der Waals surface area contributed by atoms with Crippen molar-refractivity contribution in [2.45, 2.75) is 31.3 Å². The quantitative estimate of drug-likeness (QED) is 0.849. The van der Waals surface area contributed by atoms with Gasteiger partial charge in [0.25, 0.3) is 0 Å². The molecular formula is C15H20BrNO2. The summed E-state index contributed by atoms with van der Waals surface area (Å²) in [5.41, 5.74) is 1.34. The van der Waals surface area contributed by atoms with Crippen LogP contribution in [0.5, 0.6) is 5.75 Å². The first kappa shape index (κ1) is 13.4. The van der Waals surface area contributed by atoms with E-state index in [2.05, 4.69) is 39.0 Å². The molecule has 2 bridgehead atoms. The topological polar surface area (TPSA) is 21.7 Å². The number of halogens is 1. The summed E-state index contributed by atoms with van der Waals surface area (Å²) in [4.78, 5) is 2.64. The Labute approximate surface area is 123 Å². The molecule has 0 aliphatic carbocycles. The zero-order valence-electron chi connectivity index (χ0n) is 11.3. The van der Waals surface area contributed by atoms with Gasteiger partial charge in [-0.1, -0.05) is 6.07 Å². The van der Waals surface area contributed by atoms with Crippen molar-refractivity contribution in [1.29, 1.82) is 0 Å². The fourth-order valence-corrected chi connectivity index (χ4v) is 3.60. The van der Waals surface area contributed by atoms with Crippen LogP contribution in [0, 0.1) is 0 Å². The highest BCUT2D eigenvalue weighted by Crippen LogP contribution is 2.30. The Hall–Kier alpha value is -0.580. The van der Waals surface area contributed by atoms with Crippen LogP contribution in [0.2, 0.25) is 0 Å². The number of rotatable bonds is 4. The molecule has 0 spiro atoms. The van der Waals surface area contributed by atoms with Gasteiger partial charge >= 0.3 is 0 Å². The molecule has 1 aromatic carbocycles. The van der Waals surface area contributed by atoms with E-state index in [1.165, 1.54) is 18.4 Å². The van der Waals surface area contributed by atoms with Crippen molar-refractivity contribution in [3.63, 3.8) is 0 Å². The number of methoxy groups -OCH3 is 1. The SMILES string of the molecule is COc1cc(CCN2C3CCC2COC3)ccc1Br. The number of ether oxygens (including phenoxy) is 2. The number of hydrogen-bond acceptors (Lipinski definition) is 3. The summed E-state index contributed by atoms with van der Waals surface area (Å²) < 4.78 is 12.0. The van der Waals surface area contributed by atoms with E-state index in [4.69, 9.17) is 9.47 Å². The van der Waals surface area contributed by atoms with Gasteiger partial charge in [-0.2, -0.15) is 0 Å². The molecule has 0 aromatic heterocycles. The highest BCUT2D eigenvalue weighted by molar-refractivity contribution is 9.10. The van der Waals surface area contributed by atoms with Crippen molar-refractivity contribution >= 4 is 15.9 Å². The molecule has 0 saturated carbocycles. The third-order valence-corrected chi connectivity index (χ3v) is 4.92. The monoisotopic (exact) mass is 325 g/mol. The summed E-state index contributed by atoms with van der Waals surface area (Å²) >= 11 is 3.50. The third kappa shape index (κ3) is 2.81. The van der Waals surface area contributed by atoms with Crippen LogP contribution in [-0.2, 0) is 11.2 Å². The normalized spacial score (nSPS) is 26.6. The third-order valence-electron chi connectivity index (χ3n) is 4.27. The first-order valence-corrected chi connectivity index (χ1v) is 7.73. The molecule has 0 amide bonds. The molecule has 2 saturated heterocycles. The van der Waals surface area contributed by atoms with Crippen LogP contribution < -0.4 is 4.74 Å². The van der Waals surface area contributed by atoms with Gasteiger partial charge in [0.15, 0.2) is 0 Å². The molecule has 2 aliphatic heterocycles. The minimum Gasteiger partial charge on any atom is -0.496 e. The molecule has 2 fully saturated rings. The van der Waals surface area contributed by atoms with Crippen molar-refractivity contribution in [3.05, 3.63) is 28.2 Å². The predicted octanol–water partition coefficient (Wildman–Crippen LogP) is 2.86. The van der Waals surface area contributed by atoms with Crippen LogP contribution >= 0.6 is 15.9 Å². The first-order chi connectivity index (χ1) is 9.28. The van der Waals surface area contributed by atoms with Crippen LogP contribution in [0.3, 0.4) is 0 Å². The summed E-state index contributed by atoms with van der Waals surface area (Å²) in [6.07, 6.45) is 3.68. The Morgan fingerprint density at radius 2 is 2.05 bits per heavy atom. The molecule has 3 rings (SSSR count). The van der Waals surface area contributed by atoms with Gasteiger partial charge in [0.05, 0.1) is 24.8 Å². The predicted molar refractivity (Wildman–Crippen MR) is 78.7 cm³/mol. The largest absolute Gasteiger partial charge is 0.496 e. The smallest absolute Gasteiger partial charge is 0.133 e. The van der Waals surface area contributed by atoms with E-state index in [-0.39, 0.29) is 0 Å². The second kappa shape index (κ2) is 5.81. The minimum atomic E-state index is 0.649. The minimum absolute atomic E-state index is 0.649. The number of hydrogen-bond donors (Lipinski definition) is 0. The molecule has 1 aromatic rings. The number of fused-ring (bicyclic) bond motifs is 2. The van der Waals surface area contributed by atoms with E-state index in [9.17, 15) is 0 Å². The van der Waals surface area contributed by atoms with Gasteiger partial charge in [-0.05, 0) is 52.9 Å². The lowest BCUT2D eigenvalue weighted by Gasteiger charge is -2.34. The van der Waals surface area contributed by atoms with Crippen LogP contribution in [0.25, 0.3) is 0 Å². The zero-order valence-corrected chi connectivity index (χ0v) is 12.9. The van der Waals surface area contributed by atoms with Crippen LogP contribution in [0.15, 0.2) is 22.7 Å².